The zero-order valence-corrected chi connectivity index (χ0v) is 77.2. The molecule has 0 aliphatic carbocycles. The van der Waals surface area contributed by atoms with Gasteiger partial charge in [-0.15, -0.1) is 0 Å². The maximum Gasteiger partial charge on any atom is 0.0788 e. The molecule has 8 aromatic heterocycles. The lowest BCUT2D eigenvalue weighted by Crippen LogP contribution is -1.98. The SMILES string of the molecule is Cc1cc(-n2c3ccccc3c3ccccc32)ccc1-c1ccc2c(c1)c1ccc3c4ccccc4n(-c4ccccc4)c3c1n2-c1ccccc1.c1ccc(-c2ccc3c(c2)c2ccc4c5ccccc5n(-c5ccccc5)c4c2n3-c2ccccc2)cc1.c1ccc(-n2c3ccccc3c3ccc4c5cc(-c6ccc(-n7c8ccccc8c8ccccc87)cc6)ccc5n(-c5ccccc5)c4c32)cc1. The average Bonchev–Trinajstić information content (AvgIpc) is 1.55. The third-order valence-electron chi connectivity index (χ3n) is 29.3. The van der Waals surface area contributed by atoms with Gasteiger partial charge in [-0.1, -0.05) is 340 Å². The fraction of sp³-hybridized carbons (Fsp3) is 0.00752. The van der Waals surface area contributed by atoms with Crippen molar-refractivity contribution in [1.29, 1.82) is 0 Å². The first kappa shape index (κ1) is 80.7. The lowest BCUT2D eigenvalue weighted by Gasteiger charge is -2.13. The van der Waals surface area contributed by atoms with Gasteiger partial charge in [-0.25, -0.2) is 0 Å². The fourth-order valence-corrected chi connectivity index (χ4v) is 23.2. The van der Waals surface area contributed by atoms with E-state index in [1.54, 1.807) is 0 Å². The van der Waals surface area contributed by atoms with Gasteiger partial charge in [-0.3, -0.25) is 0 Å². The molecule has 8 heteroatoms. The van der Waals surface area contributed by atoms with Crippen molar-refractivity contribution in [3.8, 4) is 78.9 Å². The second-order valence-electron chi connectivity index (χ2n) is 37.0. The summed E-state index contributed by atoms with van der Waals surface area (Å²) < 4.78 is 19.5. The molecule has 22 aromatic carbocycles. The molecule has 0 unspecified atom stereocenters. The van der Waals surface area contributed by atoms with Crippen LogP contribution in [-0.2, 0) is 0 Å². The van der Waals surface area contributed by atoms with Crippen LogP contribution in [0.1, 0.15) is 5.56 Å². The Kier molecular flexibility index (Phi) is 18.8. The molecule has 8 nitrogen and oxygen atoms in total. The Hall–Kier alpha value is -18.8. The second-order valence-corrected chi connectivity index (χ2v) is 37.0. The molecule has 0 aliphatic rings. The number of aromatic nitrogens is 8. The fourth-order valence-electron chi connectivity index (χ4n) is 23.2. The molecule has 0 atom stereocenters. The molecule has 0 spiro atoms. The van der Waals surface area contributed by atoms with E-state index in [2.05, 4.69) is 559 Å². The average molecular weight is 1800 g/mol. The molecule has 0 bridgehead atoms. The van der Waals surface area contributed by atoms with Crippen molar-refractivity contribution in [3.63, 3.8) is 0 Å². The summed E-state index contributed by atoms with van der Waals surface area (Å²) in [6.45, 7) is 2.24. The van der Waals surface area contributed by atoms with Crippen molar-refractivity contribution in [1.82, 2.24) is 36.5 Å². The van der Waals surface area contributed by atoms with Crippen LogP contribution in [0.4, 0.5) is 0 Å². The number of aryl methyl sites for hydroxylation is 1. The van der Waals surface area contributed by atoms with Crippen molar-refractivity contribution in [2.24, 2.45) is 0 Å². The standard InChI is InChI=1S/C49H33N3.C48H31N3.C36H24N2/c1-32-30-36(50-44-21-11-8-18-38(44)39-19-9-12-22-45(39)50)25-26-37(32)33-24-29-47-43(31-33)42-28-27-41-40-20-10-13-23-46(40)51(34-14-4-2-5-15-34)48(41)49(42)52(47)35-16-6-3-7-17-35;1-3-13-34(14-4-1)50-45-22-12-9-19-39(45)40-28-29-41-42-31-33(25-30-46(42)51(48(41)47(40)50)35-15-5-2-6-16-35)32-23-26-36(27-24-32)49-43-20-10-7-17-37(43)38-18-8-11-21-44(38)49;1-4-12-25(13-5-1)26-20-23-34-32(24-26)31-22-21-30-29-18-10-11-19-33(29)37(27-14-6-2-7-15-27)35(30)36(31)38(34)28-16-8-3-9-17-28/h2-31H,1H3;1-31H;1-24H. The zero-order valence-electron chi connectivity index (χ0n) is 77.2. The smallest absolute Gasteiger partial charge is 0.0788 e. The molecule has 30 aromatic rings. The lowest BCUT2D eigenvalue weighted by molar-refractivity contribution is 1.15. The molecule has 0 amide bonds. The summed E-state index contributed by atoms with van der Waals surface area (Å²) in [6.07, 6.45) is 0. The van der Waals surface area contributed by atoms with Crippen LogP contribution in [-0.4, -0.2) is 36.5 Å². The summed E-state index contributed by atoms with van der Waals surface area (Å²) in [7, 11) is 0. The van der Waals surface area contributed by atoms with Crippen molar-refractivity contribution in [2.45, 2.75) is 6.92 Å². The summed E-state index contributed by atoms with van der Waals surface area (Å²) in [5, 5.41) is 20.1. The van der Waals surface area contributed by atoms with E-state index in [1.807, 2.05) is 0 Å². The Morgan fingerprint density at radius 2 is 0.305 bits per heavy atom. The van der Waals surface area contributed by atoms with Crippen LogP contribution >= 0.6 is 0 Å². The Labute approximate surface area is 812 Å². The predicted molar refractivity (Wildman–Crippen MR) is 595 cm³/mol. The van der Waals surface area contributed by atoms with Crippen molar-refractivity contribution in [2.75, 3.05) is 0 Å². The van der Waals surface area contributed by atoms with E-state index in [4.69, 9.17) is 0 Å². The monoisotopic (exact) mass is 1800 g/mol. The highest BCUT2D eigenvalue weighted by atomic mass is 15.1. The largest absolute Gasteiger partial charge is 0.309 e. The summed E-state index contributed by atoms with van der Waals surface area (Å²) in [4.78, 5) is 0. The van der Waals surface area contributed by atoms with E-state index < -0.39 is 0 Å². The zero-order chi connectivity index (χ0) is 92.9. The molecular weight excluding hydrogens is 1710 g/mol. The topological polar surface area (TPSA) is 39.4 Å². The predicted octanol–water partition coefficient (Wildman–Crippen LogP) is 35.1. The van der Waals surface area contributed by atoms with Gasteiger partial charge in [0.05, 0.1) is 88.3 Å². The minimum atomic E-state index is 1.15. The van der Waals surface area contributed by atoms with E-state index >= 15 is 0 Å². The van der Waals surface area contributed by atoms with Gasteiger partial charge >= 0.3 is 0 Å². The van der Waals surface area contributed by atoms with Gasteiger partial charge < -0.3 is 36.5 Å². The second kappa shape index (κ2) is 32.8. The van der Waals surface area contributed by atoms with Gasteiger partial charge in [0.1, 0.15) is 0 Å². The van der Waals surface area contributed by atoms with Crippen LogP contribution in [0.5, 0.6) is 0 Å². The lowest BCUT2D eigenvalue weighted by atomic mass is 9.98. The van der Waals surface area contributed by atoms with Crippen molar-refractivity contribution >= 4 is 174 Å². The maximum atomic E-state index is 2.47. The highest BCUT2D eigenvalue weighted by Crippen LogP contribution is 2.49. The van der Waals surface area contributed by atoms with Gasteiger partial charge in [0.15, 0.2) is 0 Å². The van der Waals surface area contributed by atoms with Crippen molar-refractivity contribution < 1.29 is 0 Å². The Balaban J connectivity index is 0.000000105. The first-order valence-electron chi connectivity index (χ1n) is 48.5. The van der Waals surface area contributed by atoms with E-state index in [9.17, 15) is 0 Å². The Bertz CT molecular complexity index is 10100. The molecule has 141 heavy (non-hydrogen) atoms. The summed E-state index contributed by atoms with van der Waals surface area (Å²) in [5.41, 5.74) is 37.3. The first-order valence-corrected chi connectivity index (χ1v) is 48.5. The molecule has 0 radical (unpaired) electrons. The number of para-hydroxylation sites is 13. The third-order valence-corrected chi connectivity index (χ3v) is 29.3. The minimum absolute atomic E-state index is 1.15. The van der Waals surface area contributed by atoms with Gasteiger partial charge in [0, 0.05) is 132 Å². The van der Waals surface area contributed by atoms with Crippen LogP contribution < -0.4 is 0 Å². The number of hydrogen-bond donors (Lipinski definition) is 0. The number of nitrogens with zero attached hydrogens (tertiary/aromatic N) is 8. The number of hydrogen-bond acceptors (Lipinski definition) is 0. The van der Waals surface area contributed by atoms with E-state index in [1.165, 1.54) is 225 Å². The van der Waals surface area contributed by atoms with Crippen LogP contribution in [0.15, 0.2) is 516 Å². The molecule has 30 rings (SSSR count). The Morgan fingerprint density at radius 1 is 0.113 bits per heavy atom. The highest BCUT2D eigenvalue weighted by molar-refractivity contribution is 6.28. The minimum Gasteiger partial charge on any atom is -0.309 e. The van der Waals surface area contributed by atoms with Crippen LogP contribution in [0.3, 0.4) is 0 Å². The molecule has 660 valence electrons. The highest BCUT2D eigenvalue weighted by Gasteiger charge is 2.28. The van der Waals surface area contributed by atoms with Crippen molar-refractivity contribution in [3.05, 3.63) is 521 Å². The van der Waals surface area contributed by atoms with Crippen LogP contribution in [0.25, 0.3) is 253 Å². The normalized spacial score (nSPS) is 11.9. The van der Waals surface area contributed by atoms with Crippen LogP contribution in [0, 0.1) is 6.92 Å². The summed E-state index contributed by atoms with van der Waals surface area (Å²) in [6, 6.07) is 187. The van der Waals surface area contributed by atoms with E-state index in [0.29, 0.717) is 0 Å². The molecular formula is C133H88N8. The van der Waals surface area contributed by atoms with Gasteiger partial charge in [0.25, 0.3) is 0 Å². The molecule has 0 saturated heterocycles. The molecule has 0 fully saturated rings. The van der Waals surface area contributed by atoms with Gasteiger partial charge in [0.2, 0.25) is 0 Å². The molecule has 8 heterocycles. The molecule has 0 saturated carbocycles. The van der Waals surface area contributed by atoms with Crippen LogP contribution in [0.2, 0.25) is 0 Å². The quantitative estimate of drug-likeness (QED) is 0.124. The first-order chi connectivity index (χ1) is 70.0. The number of rotatable bonds is 11. The van der Waals surface area contributed by atoms with Gasteiger partial charge in [-0.05, 0) is 222 Å². The number of fused-ring (bicyclic) bond motifs is 27. The molecule has 0 N–H and O–H groups in total. The maximum absolute atomic E-state index is 2.47. The van der Waals surface area contributed by atoms with E-state index in [0.717, 1.165) is 34.1 Å². The third kappa shape index (κ3) is 12.8. The number of benzene rings is 22. The Morgan fingerprint density at radius 3 is 0.589 bits per heavy atom. The summed E-state index contributed by atoms with van der Waals surface area (Å²) >= 11 is 0. The molecule has 0 aliphatic heterocycles. The summed E-state index contributed by atoms with van der Waals surface area (Å²) in [5.74, 6) is 0. The van der Waals surface area contributed by atoms with E-state index in [-0.39, 0.29) is 0 Å². The van der Waals surface area contributed by atoms with Gasteiger partial charge in [-0.2, -0.15) is 0 Å².